The molecular formula is C25H38O7. The summed E-state index contributed by atoms with van der Waals surface area (Å²) in [6, 6.07) is 0. The number of carboxylic acid groups (broad SMARTS) is 1. The van der Waals surface area contributed by atoms with Gasteiger partial charge in [-0.05, 0) is 39.2 Å². The molecule has 0 spiro atoms. The van der Waals surface area contributed by atoms with Crippen LogP contribution in [0.4, 0.5) is 0 Å². The Balaban J connectivity index is 2.86. The number of aliphatic carboxylic acids is 1. The molecule has 0 radical (unpaired) electrons. The molecule has 1 aliphatic carbocycles. The number of ether oxygens (including phenoxy) is 2. The highest BCUT2D eigenvalue weighted by Gasteiger charge is 2.45. The van der Waals surface area contributed by atoms with Crippen LogP contribution in [0.2, 0.25) is 0 Å². The number of carboxylic acids is 1. The summed E-state index contributed by atoms with van der Waals surface area (Å²) in [5, 5.41) is 8.75. The van der Waals surface area contributed by atoms with Gasteiger partial charge in [0, 0.05) is 44.9 Å². The molecule has 0 unspecified atom stereocenters. The number of carbonyl (C=O) groups excluding carboxylic acids is 3. The van der Waals surface area contributed by atoms with Gasteiger partial charge in [0.25, 0.3) is 0 Å². The fourth-order valence-corrected chi connectivity index (χ4v) is 4.23. The van der Waals surface area contributed by atoms with Crippen LogP contribution >= 0.6 is 0 Å². The lowest BCUT2D eigenvalue weighted by atomic mass is 9.87. The number of ketones is 1. The Kier molecular flexibility index (Phi) is 12.6. The molecule has 32 heavy (non-hydrogen) atoms. The van der Waals surface area contributed by atoms with Crippen molar-refractivity contribution in [3.05, 3.63) is 23.8 Å². The first-order chi connectivity index (χ1) is 15.1. The third-order valence-corrected chi connectivity index (χ3v) is 5.63. The van der Waals surface area contributed by atoms with Gasteiger partial charge >= 0.3 is 17.9 Å². The molecule has 1 N–H and O–H groups in total. The second-order valence-electron chi connectivity index (χ2n) is 8.76. The Morgan fingerprint density at radius 3 is 2.09 bits per heavy atom. The van der Waals surface area contributed by atoms with Crippen molar-refractivity contribution in [1.29, 1.82) is 0 Å². The summed E-state index contributed by atoms with van der Waals surface area (Å²) in [7, 11) is 0. The molecule has 1 rings (SSSR count). The summed E-state index contributed by atoms with van der Waals surface area (Å²) in [5.41, 5.74) is 1.17. The first kappa shape index (κ1) is 27.6. The number of rotatable bonds is 14. The van der Waals surface area contributed by atoms with Crippen molar-refractivity contribution in [2.75, 3.05) is 0 Å². The van der Waals surface area contributed by atoms with E-state index in [4.69, 9.17) is 14.6 Å². The smallest absolute Gasteiger partial charge is 0.303 e. The van der Waals surface area contributed by atoms with E-state index in [2.05, 4.69) is 0 Å². The molecule has 180 valence electrons. The van der Waals surface area contributed by atoms with Gasteiger partial charge in [-0.2, -0.15) is 0 Å². The van der Waals surface area contributed by atoms with Crippen molar-refractivity contribution in [2.24, 2.45) is 11.8 Å². The quantitative estimate of drug-likeness (QED) is 0.176. The van der Waals surface area contributed by atoms with Gasteiger partial charge in [-0.1, -0.05) is 37.0 Å². The van der Waals surface area contributed by atoms with Crippen molar-refractivity contribution < 1.29 is 33.8 Å². The number of unbranched alkanes of at least 4 members (excludes halogenated alkanes) is 3. The van der Waals surface area contributed by atoms with Gasteiger partial charge in [0.2, 0.25) is 0 Å². The topological polar surface area (TPSA) is 107 Å². The minimum atomic E-state index is -0.792. The predicted octanol–water partition coefficient (Wildman–Crippen LogP) is 4.78. The van der Waals surface area contributed by atoms with E-state index in [9.17, 15) is 19.2 Å². The van der Waals surface area contributed by atoms with E-state index >= 15 is 0 Å². The Labute approximate surface area is 191 Å². The highest BCUT2D eigenvalue weighted by atomic mass is 16.6. The minimum absolute atomic E-state index is 0.00688. The van der Waals surface area contributed by atoms with Gasteiger partial charge in [0.15, 0.2) is 5.78 Å². The van der Waals surface area contributed by atoms with Crippen LogP contribution in [0.25, 0.3) is 0 Å². The first-order valence-corrected chi connectivity index (χ1v) is 11.5. The number of esters is 2. The second kappa shape index (κ2) is 14.6. The van der Waals surface area contributed by atoms with E-state index in [1.54, 1.807) is 6.08 Å². The van der Waals surface area contributed by atoms with Crippen LogP contribution in [-0.4, -0.2) is 41.0 Å². The molecule has 1 aliphatic rings. The lowest BCUT2D eigenvalue weighted by molar-refractivity contribution is -0.149. The van der Waals surface area contributed by atoms with E-state index in [0.717, 1.165) is 25.7 Å². The molecule has 0 amide bonds. The molecule has 0 heterocycles. The summed E-state index contributed by atoms with van der Waals surface area (Å²) in [6.45, 7) is 6.69. The number of carbonyl (C=O) groups is 4. The fourth-order valence-electron chi connectivity index (χ4n) is 4.23. The average molecular weight is 451 g/mol. The maximum atomic E-state index is 12.3. The summed E-state index contributed by atoms with van der Waals surface area (Å²) in [5.74, 6) is -1.85. The fraction of sp³-hybridized carbons (Fsp3) is 0.680. The molecule has 1 fully saturated rings. The molecule has 4 atom stereocenters. The number of allylic oxidation sites excluding steroid dienone is 3. The zero-order valence-electron chi connectivity index (χ0n) is 19.8. The zero-order valence-corrected chi connectivity index (χ0v) is 19.8. The highest BCUT2D eigenvalue weighted by Crippen LogP contribution is 2.40. The minimum Gasteiger partial charge on any atom is -0.481 e. The average Bonchev–Trinajstić information content (AvgIpc) is 2.96. The maximum absolute atomic E-state index is 12.3. The SMILES string of the molecule is CC(=O)O[C@H]1C[C@@H](OC(C)=O)[C@H](/C=C/C(=O)CCC=C(C)C)[C@H]1CCCCCCC(=O)O. The standard InChI is InChI=1S/C25H38O7/c1-17(2)10-9-11-20(28)14-15-22-21(12-7-5-6-8-13-25(29)30)23(31-18(3)26)16-24(22)32-19(4)27/h10,14-15,21-24H,5-9,11-13,16H2,1-4H3,(H,29,30)/b15-14+/t21-,22-,23+,24-/m1/s1. The maximum Gasteiger partial charge on any atom is 0.303 e. The van der Waals surface area contributed by atoms with Gasteiger partial charge in [-0.25, -0.2) is 0 Å². The zero-order chi connectivity index (χ0) is 24.1. The largest absolute Gasteiger partial charge is 0.481 e. The molecule has 7 heteroatoms. The Morgan fingerprint density at radius 2 is 1.50 bits per heavy atom. The van der Waals surface area contributed by atoms with Crippen molar-refractivity contribution >= 4 is 23.7 Å². The van der Waals surface area contributed by atoms with E-state index in [-0.39, 0.29) is 36.1 Å². The van der Waals surface area contributed by atoms with Gasteiger partial charge in [0.1, 0.15) is 12.2 Å². The van der Waals surface area contributed by atoms with Crippen LogP contribution < -0.4 is 0 Å². The Morgan fingerprint density at radius 1 is 0.875 bits per heavy atom. The van der Waals surface area contributed by atoms with Crippen LogP contribution in [0.15, 0.2) is 23.8 Å². The van der Waals surface area contributed by atoms with E-state index in [1.165, 1.54) is 19.4 Å². The second-order valence-corrected chi connectivity index (χ2v) is 8.76. The predicted molar refractivity (Wildman–Crippen MR) is 121 cm³/mol. The molecule has 7 nitrogen and oxygen atoms in total. The summed E-state index contributed by atoms with van der Waals surface area (Å²) < 4.78 is 11.1. The molecule has 1 saturated carbocycles. The van der Waals surface area contributed by atoms with Gasteiger partial charge in [-0.3, -0.25) is 19.2 Å². The van der Waals surface area contributed by atoms with Crippen molar-refractivity contribution in [2.45, 2.75) is 97.7 Å². The van der Waals surface area contributed by atoms with Crippen molar-refractivity contribution in [3.8, 4) is 0 Å². The molecule has 0 saturated heterocycles. The number of hydrogen-bond donors (Lipinski definition) is 1. The third-order valence-electron chi connectivity index (χ3n) is 5.63. The first-order valence-electron chi connectivity index (χ1n) is 11.5. The lowest BCUT2D eigenvalue weighted by Crippen LogP contribution is -2.25. The molecule has 0 aliphatic heterocycles. The van der Waals surface area contributed by atoms with Gasteiger partial charge < -0.3 is 14.6 Å². The number of hydrogen-bond acceptors (Lipinski definition) is 6. The van der Waals surface area contributed by atoms with Gasteiger partial charge in [0.05, 0.1) is 0 Å². The van der Waals surface area contributed by atoms with Crippen LogP contribution in [0.5, 0.6) is 0 Å². The van der Waals surface area contributed by atoms with Crippen molar-refractivity contribution in [3.63, 3.8) is 0 Å². The summed E-state index contributed by atoms with van der Waals surface area (Å²) >= 11 is 0. The van der Waals surface area contributed by atoms with Crippen LogP contribution in [-0.2, 0) is 28.7 Å². The van der Waals surface area contributed by atoms with E-state index in [1.807, 2.05) is 26.0 Å². The molecule has 0 aromatic rings. The molecule has 0 aromatic heterocycles. The van der Waals surface area contributed by atoms with E-state index in [0.29, 0.717) is 25.7 Å². The van der Waals surface area contributed by atoms with E-state index < -0.39 is 18.0 Å². The normalized spacial score (nSPS) is 22.5. The van der Waals surface area contributed by atoms with Crippen LogP contribution in [0.3, 0.4) is 0 Å². The molecule has 0 aromatic carbocycles. The summed E-state index contributed by atoms with van der Waals surface area (Å²) in [6.07, 6.45) is 10.1. The van der Waals surface area contributed by atoms with Gasteiger partial charge in [-0.15, -0.1) is 0 Å². The Hall–Kier alpha value is -2.44. The van der Waals surface area contributed by atoms with Crippen LogP contribution in [0.1, 0.15) is 85.5 Å². The lowest BCUT2D eigenvalue weighted by Gasteiger charge is -2.24. The highest BCUT2D eigenvalue weighted by molar-refractivity contribution is 5.89. The summed E-state index contributed by atoms with van der Waals surface area (Å²) in [4.78, 5) is 46.2. The van der Waals surface area contributed by atoms with Crippen LogP contribution in [0, 0.1) is 11.8 Å². The molecule has 0 bridgehead atoms. The molecular weight excluding hydrogens is 412 g/mol. The monoisotopic (exact) mass is 450 g/mol. The third kappa shape index (κ3) is 11.3. The van der Waals surface area contributed by atoms with Crippen molar-refractivity contribution in [1.82, 2.24) is 0 Å². The Bertz CT molecular complexity index is 703.